The van der Waals surface area contributed by atoms with Crippen LogP contribution in [0.4, 0.5) is 0 Å². The van der Waals surface area contributed by atoms with Gasteiger partial charge in [-0.3, -0.25) is 9.59 Å². The third-order valence-electron chi connectivity index (χ3n) is 2.84. The Morgan fingerprint density at radius 2 is 1.96 bits per heavy atom. The second kappa shape index (κ2) is 9.84. The number of nitriles is 1. The molecule has 1 rings (SSSR count). The lowest BCUT2D eigenvalue weighted by atomic mass is 10.2. The molecule has 0 fully saturated rings. The van der Waals surface area contributed by atoms with E-state index >= 15 is 0 Å². The van der Waals surface area contributed by atoms with Crippen LogP contribution in [0.25, 0.3) is 0 Å². The summed E-state index contributed by atoms with van der Waals surface area (Å²) in [5, 5.41) is 13.9. The van der Waals surface area contributed by atoms with Gasteiger partial charge in [0, 0.05) is 6.54 Å². The predicted molar refractivity (Wildman–Crippen MR) is 83.9 cm³/mol. The number of hydrogen-bond acceptors (Lipinski definition) is 6. The molecule has 0 spiro atoms. The van der Waals surface area contributed by atoms with Gasteiger partial charge in [0.2, 0.25) is 5.91 Å². The van der Waals surface area contributed by atoms with Gasteiger partial charge < -0.3 is 20.1 Å². The second-order valence-electron chi connectivity index (χ2n) is 4.74. The van der Waals surface area contributed by atoms with Crippen LogP contribution in [0.5, 0.6) is 5.75 Å². The van der Waals surface area contributed by atoms with Gasteiger partial charge in [-0.25, -0.2) is 4.79 Å². The number of carbonyl (C=O) groups is 3. The third kappa shape index (κ3) is 6.36. The smallest absolute Gasteiger partial charge is 0.344 e. The molecule has 2 amide bonds. The van der Waals surface area contributed by atoms with Gasteiger partial charge in [-0.1, -0.05) is 12.1 Å². The van der Waals surface area contributed by atoms with E-state index in [2.05, 4.69) is 10.6 Å². The van der Waals surface area contributed by atoms with Crippen LogP contribution in [0.3, 0.4) is 0 Å². The minimum absolute atomic E-state index is 0.256. The summed E-state index contributed by atoms with van der Waals surface area (Å²) in [5.74, 6) is -1.43. The molecule has 0 radical (unpaired) electrons. The molecular formula is C16H19N3O5. The second-order valence-corrected chi connectivity index (χ2v) is 4.74. The van der Waals surface area contributed by atoms with E-state index in [4.69, 9.17) is 14.7 Å². The molecule has 24 heavy (non-hydrogen) atoms. The number of amides is 2. The van der Waals surface area contributed by atoms with Gasteiger partial charge in [0.15, 0.2) is 13.2 Å². The number of ether oxygens (including phenoxy) is 2. The lowest BCUT2D eigenvalue weighted by Gasteiger charge is -2.13. The Hall–Kier alpha value is -3.08. The zero-order chi connectivity index (χ0) is 17.9. The summed E-state index contributed by atoms with van der Waals surface area (Å²) in [6.45, 7) is 2.78. The number of esters is 1. The summed E-state index contributed by atoms with van der Waals surface area (Å²) in [6, 6.07) is 7.64. The van der Waals surface area contributed by atoms with Crippen LogP contribution in [0.15, 0.2) is 24.3 Å². The Balaban J connectivity index is 2.34. The normalized spacial score (nSPS) is 10.9. The van der Waals surface area contributed by atoms with E-state index in [-0.39, 0.29) is 11.7 Å². The molecule has 0 aliphatic rings. The number of hydrogen-bond donors (Lipinski definition) is 2. The van der Waals surface area contributed by atoms with Gasteiger partial charge in [0.1, 0.15) is 17.9 Å². The van der Waals surface area contributed by atoms with Gasteiger partial charge in [0.05, 0.1) is 5.56 Å². The number of nitrogens with one attached hydrogen (secondary N) is 2. The maximum Gasteiger partial charge on any atom is 0.344 e. The molecule has 0 unspecified atom stereocenters. The number of likely N-dealkylation sites (N-methyl/N-ethyl adjacent to an activating group) is 1. The first-order chi connectivity index (χ1) is 11.5. The first-order valence-corrected chi connectivity index (χ1v) is 7.32. The zero-order valence-electron chi connectivity index (χ0n) is 13.5. The molecule has 128 valence electrons. The van der Waals surface area contributed by atoms with Gasteiger partial charge >= 0.3 is 5.97 Å². The molecule has 1 aromatic rings. The summed E-state index contributed by atoms with van der Waals surface area (Å²) in [6.07, 6.45) is 0. The van der Waals surface area contributed by atoms with E-state index in [0.717, 1.165) is 0 Å². The van der Waals surface area contributed by atoms with Gasteiger partial charge in [-0.2, -0.15) is 5.26 Å². The van der Waals surface area contributed by atoms with Crippen LogP contribution in [-0.2, 0) is 19.1 Å². The Bertz CT molecular complexity index is 639. The van der Waals surface area contributed by atoms with Crippen molar-refractivity contribution in [3.05, 3.63) is 29.8 Å². The van der Waals surface area contributed by atoms with Crippen molar-refractivity contribution >= 4 is 17.8 Å². The largest absolute Gasteiger partial charge is 0.481 e. The molecule has 0 aliphatic carbocycles. The van der Waals surface area contributed by atoms with Gasteiger partial charge in [0.25, 0.3) is 5.91 Å². The molecule has 0 aromatic heterocycles. The van der Waals surface area contributed by atoms with Crippen LogP contribution in [0.2, 0.25) is 0 Å². The van der Waals surface area contributed by atoms with Gasteiger partial charge in [-0.15, -0.1) is 0 Å². The number of rotatable bonds is 8. The fourth-order valence-electron chi connectivity index (χ4n) is 1.69. The molecule has 1 aromatic carbocycles. The van der Waals surface area contributed by atoms with Crippen molar-refractivity contribution in [3.63, 3.8) is 0 Å². The topological polar surface area (TPSA) is 118 Å². The standard InChI is InChI=1S/C16H19N3O5/c1-3-18-16(22)11(2)19-14(20)9-24-15(21)10-23-13-7-5-4-6-12(13)8-17/h4-7,11H,3,9-10H2,1-2H3,(H,18,22)(H,19,20)/t11-/m1/s1. The minimum Gasteiger partial charge on any atom is -0.481 e. The van der Waals surface area contributed by atoms with E-state index in [9.17, 15) is 14.4 Å². The summed E-state index contributed by atoms with van der Waals surface area (Å²) in [7, 11) is 0. The Morgan fingerprint density at radius 1 is 1.25 bits per heavy atom. The van der Waals surface area contributed by atoms with Crippen LogP contribution < -0.4 is 15.4 Å². The van der Waals surface area contributed by atoms with E-state index in [1.807, 2.05) is 6.07 Å². The fraction of sp³-hybridized carbons (Fsp3) is 0.375. The molecule has 2 N–H and O–H groups in total. The Morgan fingerprint density at radius 3 is 2.62 bits per heavy atom. The highest BCUT2D eigenvalue weighted by atomic mass is 16.6. The van der Waals surface area contributed by atoms with E-state index < -0.39 is 31.1 Å². The van der Waals surface area contributed by atoms with Gasteiger partial charge in [-0.05, 0) is 26.0 Å². The molecule has 0 bridgehead atoms. The minimum atomic E-state index is -0.761. The van der Waals surface area contributed by atoms with E-state index in [1.165, 1.54) is 6.92 Å². The highest BCUT2D eigenvalue weighted by Crippen LogP contribution is 2.16. The van der Waals surface area contributed by atoms with Crippen molar-refractivity contribution in [3.8, 4) is 11.8 Å². The third-order valence-corrected chi connectivity index (χ3v) is 2.84. The lowest BCUT2D eigenvalue weighted by Crippen LogP contribution is -2.46. The number of nitrogens with zero attached hydrogens (tertiary/aromatic N) is 1. The van der Waals surface area contributed by atoms with Crippen LogP contribution in [-0.4, -0.2) is 43.6 Å². The van der Waals surface area contributed by atoms with Crippen molar-refractivity contribution in [2.75, 3.05) is 19.8 Å². The summed E-state index contributed by atoms with van der Waals surface area (Å²) >= 11 is 0. The summed E-state index contributed by atoms with van der Waals surface area (Å²) < 4.78 is 9.93. The molecule has 0 aliphatic heterocycles. The summed E-state index contributed by atoms with van der Waals surface area (Å²) in [4.78, 5) is 34.6. The average Bonchev–Trinajstić information content (AvgIpc) is 2.58. The van der Waals surface area contributed by atoms with Crippen molar-refractivity contribution in [1.82, 2.24) is 10.6 Å². The highest BCUT2D eigenvalue weighted by Gasteiger charge is 2.16. The first-order valence-electron chi connectivity index (χ1n) is 7.32. The molecule has 0 saturated carbocycles. The molecule has 8 nitrogen and oxygen atoms in total. The molecule has 0 heterocycles. The molecular weight excluding hydrogens is 314 g/mol. The summed E-state index contributed by atoms with van der Waals surface area (Å²) in [5.41, 5.74) is 0.291. The number of carbonyl (C=O) groups excluding carboxylic acids is 3. The molecule has 8 heteroatoms. The lowest BCUT2D eigenvalue weighted by molar-refractivity contribution is -0.150. The zero-order valence-corrected chi connectivity index (χ0v) is 13.5. The van der Waals surface area contributed by atoms with Crippen LogP contribution in [0, 0.1) is 11.3 Å². The highest BCUT2D eigenvalue weighted by molar-refractivity contribution is 5.88. The van der Waals surface area contributed by atoms with Crippen LogP contribution >= 0.6 is 0 Å². The first kappa shape index (κ1) is 19.0. The molecule has 1 atom stereocenters. The average molecular weight is 333 g/mol. The van der Waals surface area contributed by atoms with Crippen molar-refractivity contribution in [1.29, 1.82) is 5.26 Å². The monoisotopic (exact) mass is 333 g/mol. The maximum atomic E-state index is 11.6. The van der Waals surface area contributed by atoms with Crippen molar-refractivity contribution in [2.24, 2.45) is 0 Å². The fourth-order valence-corrected chi connectivity index (χ4v) is 1.69. The molecule has 0 saturated heterocycles. The maximum absolute atomic E-state index is 11.6. The van der Waals surface area contributed by atoms with E-state index in [1.54, 1.807) is 31.2 Å². The van der Waals surface area contributed by atoms with E-state index in [0.29, 0.717) is 12.1 Å². The van der Waals surface area contributed by atoms with Crippen molar-refractivity contribution in [2.45, 2.75) is 19.9 Å². The van der Waals surface area contributed by atoms with Crippen LogP contribution in [0.1, 0.15) is 19.4 Å². The predicted octanol–water partition coefficient (Wildman–Crippen LogP) is 0.121. The number of para-hydroxylation sites is 1. The SMILES string of the molecule is CCNC(=O)[C@@H](C)NC(=O)COC(=O)COc1ccccc1C#N. The Labute approximate surface area is 139 Å². The van der Waals surface area contributed by atoms with Crippen molar-refractivity contribution < 1.29 is 23.9 Å². The Kier molecular flexibility index (Phi) is 7.78. The number of benzene rings is 1. The quantitative estimate of drug-likeness (QED) is 0.653.